The minimum absolute atomic E-state index is 0.0466. The van der Waals surface area contributed by atoms with Crippen LogP contribution in [0.2, 0.25) is 0 Å². The number of aromatic nitrogens is 1. The van der Waals surface area contributed by atoms with E-state index in [1.807, 2.05) is 32.2 Å². The first kappa shape index (κ1) is 14.1. The number of carboxylic acid groups (broad SMARTS) is 1. The van der Waals surface area contributed by atoms with Crippen molar-refractivity contribution in [3.8, 4) is 0 Å². The number of hydrogen-bond donors (Lipinski definition) is 1. The van der Waals surface area contributed by atoms with Crippen LogP contribution < -0.4 is 10.4 Å². The molecule has 0 fully saturated rings. The number of benzene rings is 1. The number of aryl methyl sites for hydroxylation is 2. The van der Waals surface area contributed by atoms with Gasteiger partial charge >= 0.3 is 0 Å². The number of fused-ring (bicyclic) bond motifs is 1. The molecule has 0 saturated carbocycles. The van der Waals surface area contributed by atoms with E-state index in [0.717, 1.165) is 16.5 Å². The predicted octanol–water partition coefficient (Wildman–Crippen LogP) is 0.633. The van der Waals surface area contributed by atoms with E-state index in [-0.39, 0.29) is 18.7 Å². The highest BCUT2D eigenvalue weighted by atomic mass is 16.4. The van der Waals surface area contributed by atoms with Gasteiger partial charge in [-0.25, -0.2) is 0 Å². The number of aliphatic carboxylic acids is 1. The Labute approximate surface area is 117 Å². The van der Waals surface area contributed by atoms with Crippen LogP contribution in [0.5, 0.6) is 0 Å². The van der Waals surface area contributed by atoms with Gasteiger partial charge in [-0.1, -0.05) is 6.07 Å². The third-order valence-corrected chi connectivity index (χ3v) is 3.39. The van der Waals surface area contributed by atoms with Crippen molar-refractivity contribution < 1.29 is 14.7 Å². The molecule has 1 N–H and O–H groups in total. The second kappa shape index (κ2) is 5.77. The van der Waals surface area contributed by atoms with Crippen LogP contribution in [-0.4, -0.2) is 16.4 Å². The molecule has 0 spiro atoms. The second-order valence-electron chi connectivity index (χ2n) is 4.89. The van der Waals surface area contributed by atoms with Crippen LogP contribution >= 0.6 is 0 Å². The molecule has 1 amide bonds. The summed E-state index contributed by atoms with van der Waals surface area (Å²) in [6.45, 7) is 2.44. The first-order valence-electron chi connectivity index (χ1n) is 6.49. The fourth-order valence-electron chi connectivity index (χ4n) is 2.15. The molecule has 106 valence electrons. The molecule has 0 aliphatic carbocycles. The maximum atomic E-state index is 11.4. The van der Waals surface area contributed by atoms with E-state index in [1.54, 1.807) is 0 Å². The lowest BCUT2D eigenvalue weighted by atomic mass is 10.1. The maximum absolute atomic E-state index is 11.4. The molecule has 2 rings (SSSR count). The van der Waals surface area contributed by atoms with E-state index in [1.165, 1.54) is 5.69 Å². The highest BCUT2D eigenvalue weighted by Gasteiger charge is 2.05. The Hall–Kier alpha value is -2.30. The third-order valence-electron chi connectivity index (χ3n) is 3.39. The molecule has 0 bridgehead atoms. The number of amides is 1. The lowest BCUT2D eigenvalue weighted by molar-refractivity contribution is -0.305. The molecule has 0 aliphatic rings. The molecule has 5 nitrogen and oxygen atoms in total. The number of nitrogens with zero attached hydrogens (tertiary/aromatic N) is 1. The van der Waals surface area contributed by atoms with Gasteiger partial charge < -0.3 is 19.8 Å². The Morgan fingerprint density at radius 1 is 1.25 bits per heavy atom. The van der Waals surface area contributed by atoms with Crippen molar-refractivity contribution >= 4 is 22.8 Å². The zero-order chi connectivity index (χ0) is 14.7. The summed E-state index contributed by atoms with van der Waals surface area (Å²) in [6, 6.07) is 8.10. The maximum Gasteiger partial charge on any atom is 0.220 e. The summed E-state index contributed by atoms with van der Waals surface area (Å²) < 4.78 is 2.11. The van der Waals surface area contributed by atoms with Crippen LogP contribution in [0, 0.1) is 6.92 Å². The Kier molecular flexibility index (Phi) is 4.08. The van der Waals surface area contributed by atoms with E-state index < -0.39 is 5.97 Å². The van der Waals surface area contributed by atoms with Crippen LogP contribution in [0.15, 0.2) is 24.3 Å². The molecule has 1 heterocycles. The summed E-state index contributed by atoms with van der Waals surface area (Å²) in [5.41, 5.74) is 3.31. The molecule has 0 atom stereocenters. The molecule has 1 aromatic carbocycles. The number of carboxylic acids is 1. The summed E-state index contributed by atoms with van der Waals surface area (Å²) in [4.78, 5) is 21.7. The SMILES string of the molecule is Cc1cc2cc(CNC(=O)CCC(=O)[O-])ccc2n1C. The molecule has 2 aromatic rings. The average Bonchev–Trinajstić information content (AvgIpc) is 2.69. The number of carbonyl (C=O) groups excluding carboxylic acids is 2. The molecule has 0 saturated heterocycles. The lowest BCUT2D eigenvalue weighted by Gasteiger charge is -2.06. The zero-order valence-corrected chi connectivity index (χ0v) is 11.6. The lowest BCUT2D eigenvalue weighted by Crippen LogP contribution is -2.27. The number of rotatable bonds is 5. The number of carbonyl (C=O) groups is 2. The van der Waals surface area contributed by atoms with E-state index in [4.69, 9.17) is 0 Å². The van der Waals surface area contributed by atoms with Gasteiger partial charge in [-0.05, 0) is 37.1 Å². The van der Waals surface area contributed by atoms with E-state index >= 15 is 0 Å². The topological polar surface area (TPSA) is 74.2 Å². The van der Waals surface area contributed by atoms with Gasteiger partial charge in [-0.2, -0.15) is 0 Å². The smallest absolute Gasteiger partial charge is 0.220 e. The molecular weight excluding hydrogens is 256 g/mol. The summed E-state index contributed by atoms with van der Waals surface area (Å²) in [6.07, 6.45) is -0.294. The van der Waals surface area contributed by atoms with Crippen LogP contribution in [-0.2, 0) is 23.2 Å². The van der Waals surface area contributed by atoms with Crippen molar-refractivity contribution in [2.75, 3.05) is 0 Å². The van der Waals surface area contributed by atoms with Crippen molar-refractivity contribution in [1.29, 1.82) is 0 Å². The quantitative estimate of drug-likeness (QED) is 0.868. The van der Waals surface area contributed by atoms with Gasteiger partial charge in [0.1, 0.15) is 0 Å². The van der Waals surface area contributed by atoms with Gasteiger partial charge in [-0.3, -0.25) is 4.79 Å². The summed E-state index contributed by atoms with van der Waals surface area (Å²) in [7, 11) is 2.01. The van der Waals surface area contributed by atoms with Gasteiger partial charge in [0.2, 0.25) is 5.91 Å². The Morgan fingerprint density at radius 2 is 2.00 bits per heavy atom. The van der Waals surface area contributed by atoms with Crippen molar-refractivity contribution in [2.24, 2.45) is 7.05 Å². The molecule has 0 radical (unpaired) electrons. The van der Waals surface area contributed by atoms with E-state index in [2.05, 4.69) is 16.0 Å². The largest absolute Gasteiger partial charge is 0.550 e. The molecule has 1 aromatic heterocycles. The summed E-state index contributed by atoms with van der Waals surface area (Å²) in [5.74, 6) is -1.49. The molecule has 20 heavy (non-hydrogen) atoms. The Bertz CT molecular complexity index is 658. The number of hydrogen-bond acceptors (Lipinski definition) is 3. The minimum atomic E-state index is -1.21. The van der Waals surface area contributed by atoms with Gasteiger partial charge in [0.15, 0.2) is 0 Å². The molecule has 0 unspecified atom stereocenters. The molecule has 0 aliphatic heterocycles. The first-order chi connectivity index (χ1) is 9.47. The van der Waals surface area contributed by atoms with Crippen molar-refractivity contribution in [1.82, 2.24) is 9.88 Å². The van der Waals surface area contributed by atoms with E-state index in [0.29, 0.717) is 6.54 Å². The Morgan fingerprint density at radius 3 is 2.70 bits per heavy atom. The second-order valence-corrected chi connectivity index (χ2v) is 4.89. The van der Waals surface area contributed by atoms with Gasteiger partial charge in [0, 0.05) is 42.6 Å². The highest BCUT2D eigenvalue weighted by Crippen LogP contribution is 2.19. The minimum Gasteiger partial charge on any atom is -0.550 e. The standard InChI is InChI=1S/C15H18N2O3/c1-10-7-12-8-11(3-4-13(12)17(10)2)9-16-14(18)5-6-15(19)20/h3-4,7-8H,5-6,9H2,1-2H3,(H,16,18)(H,19,20)/p-1. The third kappa shape index (κ3) is 3.17. The van der Waals surface area contributed by atoms with Gasteiger partial charge in [-0.15, -0.1) is 0 Å². The fourth-order valence-corrected chi connectivity index (χ4v) is 2.15. The monoisotopic (exact) mass is 273 g/mol. The van der Waals surface area contributed by atoms with Crippen LogP contribution in [0.25, 0.3) is 10.9 Å². The molecular formula is C15H17N2O3-. The molecule has 5 heteroatoms. The predicted molar refractivity (Wildman–Crippen MR) is 73.7 cm³/mol. The normalized spacial score (nSPS) is 10.7. The summed E-state index contributed by atoms with van der Waals surface area (Å²) in [5, 5.41) is 14.1. The first-order valence-corrected chi connectivity index (χ1v) is 6.49. The fraction of sp³-hybridized carbons (Fsp3) is 0.333. The van der Waals surface area contributed by atoms with Crippen LogP contribution in [0.3, 0.4) is 0 Å². The number of nitrogens with one attached hydrogen (secondary N) is 1. The van der Waals surface area contributed by atoms with Gasteiger partial charge in [0.05, 0.1) is 0 Å². The van der Waals surface area contributed by atoms with Crippen LogP contribution in [0.4, 0.5) is 0 Å². The highest BCUT2D eigenvalue weighted by molar-refractivity contribution is 5.82. The summed E-state index contributed by atoms with van der Waals surface area (Å²) >= 11 is 0. The Balaban J connectivity index is 2.00. The zero-order valence-electron chi connectivity index (χ0n) is 11.6. The van der Waals surface area contributed by atoms with Crippen LogP contribution in [0.1, 0.15) is 24.1 Å². The van der Waals surface area contributed by atoms with Crippen molar-refractivity contribution in [2.45, 2.75) is 26.3 Å². The van der Waals surface area contributed by atoms with Crippen molar-refractivity contribution in [3.63, 3.8) is 0 Å². The van der Waals surface area contributed by atoms with E-state index in [9.17, 15) is 14.7 Å². The van der Waals surface area contributed by atoms with Gasteiger partial charge in [0.25, 0.3) is 0 Å². The van der Waals surface area contributed by atoms with Crippen molar-refractivity contribution in [3.05, 3.63) is 35.5 Å². The average molecular weight is 273 g/mol.